The van der Waals surface area contributed by atoms with Crippen molar-refractivity contribution in [1.82, 2.24) is 4.57 Å². The van der Waals surface area contributed by atoms with E-state index >= 15 is 0 Å². The third kappa shape index (κ3) is 2.99. The number of azo groups is 1. The molecular weight excluding hydrogens is 351 g/mol. The number of carbonyl (C=O) groups is 1. The van der Waals surface area contributed by atoms with E-state index in [9.17, 15) is 28.2 Å². The van der Waals surface area contributed by atoms with Crippen LogP contribution in [0.5, 0.6) is 11.8 Å². The first kappa shape index (κ1) is 17.5. The lowest BCUT2D eigenvalue weighted by Gasteiger charge is -2.08. The highest BCUT2D eigenvalue weighted by Crippen LogP contribution is 2.37. The fourth-order valence-corrected chi connectivity index (χ4v) is 2.48. The van der Waals surface area contributed by atoms with Crippen LogP contribution in [0.25, 0.3) is 10.8 Å². The minimum Gasteiger partial charge on any atom is -0.494 e. The molecule has 0 aliphatic heterocycles. The summed E-state index contributed by atoms with van der Waals surface area (Å²) in [5.41, 5.74) is -1.47. The van der Waals surface area contributed by atoms with Gasteiger partial charge in [-0.2, -0.15) is 13.2 Å². The molecule has 1 aromatic heterocycles. The number of rotatable bonds is 2. The summed E-state index contributed by atoms with van der Waals surface area (Å²) in [5, 5.41) is 27.1. The van der Waals surface area contributed by atoms with Gasteiger partial charge in [0.05, 0.1) is 11.3 Å². The van der Waals surface area contributed by atoms with Crippen LogP contribution < -0.4 is 0 Å². The van der Waals surface area contributed by atoms with Gasteiger partial charge in [0.1, 0.15) is 0 Å². The fourth-order valence-electron chi connectivity index (χ4n) is 2.48. The molecular formula is C17H12F3N3O3. The third-order valence-electron chi connectivity index (χ3n) is 3.84. The summed E-state index contributed by atoms with van der Waals surface area (Å²) >= 11 is 0. The topological polar surface area (TPSA) is 87.2 Å². The third-order valence-corrected chi connectivity index (χ3v) is 3.84. The van der Waals surface area contributed by atoms with Gasteiger partial charge in [0.2, 0.25) is 11.8 Å². The van der Waals surface area contributed by atoms with Crippen molar-refractivity contribution in [3.05, 3.63) is 53.6 Å². The molecule has 0 aliphatic rings. The Morgan fingerprint density at radius 3 is 2.38 bits per heavy atom. The molecule has 3 aromatic rings. The summed E-state index contributed by atoms with van der Waals surface area (Å²) < 4.78 is 39.9. The van der Waals surface area contributed by atoms with E-state index in [-0.39, 0.29) is 22.7 Å². The molecule has 0 unspecified atom stereocenters. The Morgan fingerprint density at radius 1 is 1.04 bits per heavy atom. The second-order valence-electron chi connectivity index (χ2n) is 5.49. The first-order chi connectivity index (χ1) is 12.2. The molecule has 0 fully saturated rings. The number of fused-ring (bicyclic) bond motifs is 1. The highest BCUT2D eigenvalue weighted by Gasteiger charge is 2.33. The molecule has 0 aliphatic carbocycles. The van der Waals surface area contributed by atoms with Crippen LogP contribution >= 0.6 is 0 Å². The molecule has 2 N–H and O–H groups in total. The summed E-state index contributed by atoms with van der Waals surface area (Å²) in [5.74, 6) is -1.32. The van der Waals surface area contributed by atoms with E-state index in [1.165, 1.54) is 37.4 Å². The van der Waals surface area contributed by atoms with Crippen molar-refractivity contribution in [3.8, 4) is 11.8 Å². The average Bonchev–Trinajstić information content (AvgIpc) is 2.83. The zero-order valence-corrected chi connectivity index (χ0v) is 13.3. The number of halogens is 3. The largest absolute Gasteiger partial charge is 0.494 e. The van der Waals surface area contributed by atoms with Gasteiger partial charge in [0.15, 0.2) is 0 Å². The predicted molar refractivity (Wildman–Crippen MR) is 86.5 cm³/mol. The summed E-state index contributed by atoms with van der Waals surface area (Å²) in [7, 11) is 1.43. The molecule has 9 heteroatoms. The molecule has 0 atom stereocenters. The Kier molecular flexibility index (Phi) is 4.15. The summed E-state index contributed by atoms with van der Waals surface area (Å²) in [6, 6.07) is 8.52. The van der Waals surface area contributed by atoms with Crippen molar-refractivity contribution in [3.63, 3.8) is 0 Å². The van der Waals surface area contributed by atoms with Crippen molar-refractivity contribution in [1.29, 1.82) is 0 Å². The number of nitrogens with zero attached hydrogens (tertiary/aromatic N) is 3. The first-order valence-electron chi connectivity index (χ1n) is 7.33. The van der Waals surface area contributed by atoms with Gasteiger partial charge >= 0.3 is 6.18 Å². The normalized spacial score (nSPS) is 12.2. The molecule has 0 radical (unpaired) electrons. The molecule has 0 bridgehead atoms. The maximum absolute atomic E-state index is 12.9. The number of aromatic nitrogens is 1. The zero-order chi connectivity index (χ0) is 19.1. The van der Waals surface area contributed by atoms with Gasteiger partial charge < -0.3 is 10.2 Å². The highest BCUT2D eigenvalue weighted by molar-refractivity contribution is 6.01. The van der Waals surface area contributed by atoms with Crippen LogP contribution in [0.1, 0.15) is 15.9 Å². The Morgan fingerprint density at radius 2 is 1.69 bits per heavy atom. The van der Waals surface area contributed by atoms with E-state index in [2.05, 4.69) is 10.2 Å². The molecule has 134 valence electrons. The van der Waals surface area contributed by atoms with Gasteiger partial charge in [0, 0.05) is 23.4 Å². The van der Waals surface area contributed by atoms with E-state index in [4.69, 9.17) is 0 Å². The number of aromatic hydroxyl groups is 2. The lowest BCUT2D eigenvalue weighted by Crippen LogP contribution is -2.04. The number of benzene rings is 2. The molecule has 6 nitrogen and oxygen atoms in total. The van der Waals surface area contributed by atoms with Crippen LogP contribution in [0.2, 0.25) is 0 Å². The quantitative estimate of drug-likeness (QED) is 0.656. The predicted octanol–water partition coefficient (Wildman–Crippen LogP) is 4.53. The molecule has 0 spiro atoms. The van der Waals surface area contributed by atoms with Crippen molar-refractivity contribution in [2.75, 3.05) is 0 Å². The van der Waals surface area contributed by atoms with Gasteiger partial charge in [-0.05, 0) is 30.3 Å². The molecule has 3 rings (SSSR count). The van der Waals surface area contributed by atoms with Crippen LogP contribution in [0.15, 0.2) is 52.7 Å². The lowest BCUT2D eigenvalue weighted by atomic mass is 10.1. The Bertz CT molecular complexity index is 1040. The Balaban J connectivity index is 1.95. The van der Waals surface area contributed by atoms with Crippen LogP contribution in [-0.4, -0.2) is 20.7 Å². The van der Waals surface area contributed by atoms with E-state index in [0.717, 1.165) is 16.7 Å². The van der Waals surface area contributed by atoms with E-state index in [1.54, 1.807) is 0 Å². The smallest absolute Gasteiger partial charge is 0.418 e. The van der Waals surface area contributed by atoms with Crippen LogP contribution in [0.4, 0.5) is 18.9 Å². The number of carbonyl (C=O) groups excluding carboxylic acids is 1. The first-order valence-corrected chi connectivity index (χ1v) is 7.33. The number of alkyl halides is 3. The maximum Gasteiger partial charge on any atom is 0.418 e. The molecule has 1 heterocycles. The summed E-state index contributed by atoms with van der Waals surface area (Å²) in [6.07, 6.45) is -4.62. The number of amides is 1. The second-order valence-corrected chi connectivity index (χ2v) is 5.49. The van der Waals surface area contributed by atoms with Gasteiger partial charge in [-0.1, -0.05) is 12.1 Å². The molecule has 0 saturated heterocycles. The Hall–Kier alpha value is -3.36. The minimum atomic E-state index is -4.62. The van der Waals surface area contributed by atoms with Gasteiger partial charge in [-0.3, -0.25) is 9.36 Å². The Labute approximate surface area is 144 Å². The number of hydrogen-bond donors (Lipinski definition) is 2. The van der Waals surface area contributed by atoms with Gasteiger partial charge in [0.25, 0.3) is 5.91 Å². The van der Waals surface area contributed by atoms with Gasteiger partial charge in [-0.25, -0.2) is 0 Å². The van der Waals surface area contributed by atoms with E-state index < -0.39 is 23.3 Å². The monoisotopic (exact) mass is 363 g/mol. The van der Waals surface area contributed by atoms with Crippen molar-refractivity contribution in [2.24, 2.45) is 17.3 Å². The zero-order valence-electron chi connectivity index (χ0n) is 13.3. The molecule has 1 amide bonds. The summed E-state index contributed by atoms with van der Waals surface area (Å²) in [4.78, 5) is 12.1. The van der Waals surface area contributed by atoms with Crippen LogP contribution in [-0.2, 0) is 13.2 Å². The van der Waals surface area contributed by atoms with Crippen molar-refractivity contribution in [2.45, 2.75) is 6.18 Å². The number of hydrogen-bond acceptors (Lipinski definition) is 4. The highest BCUT2D eigenvalue weighted by atomic mass is 19.4. The SMILES string of the molecule is Cn1c(O)c2ccc(C(=O)N=Nc3ccccc3C(F)(F)F)cc2c1O. The van der Waals surface area contributed by atoms with Crippen LogP contribution in [0, 0.1) is 0 Å². The fraction of sp³-hybridized carbons (Fsp3) is 0.118. The maximum atomic E-state index is 12.9. The average molecular weight is 363 g/mol. The van der Waals surface area contributed by atoms with Gasteiger partial charge in [-0.15, -0.1) is 10.2 Å². The summed E-state index contributed by atoms with van der Waals surface area (Å²) in [6.45, 7) is 0. The van der Waals surface area contributed by atoms with Crippen molar-refractivity contribution >= 4 is 22.4 Å². The molecule has 26 heavy (non-hydrogen) atoms. The minimum absolute atomic E-state index is 0.00615. The van der Waals surface area contributed by atoms with E-state index in [1.807, 2.05) is 0 Å². The lowest BCUT2D eigenvalue weighted by molar-refractivity contribution is -0.137. The van der Waals surface area contributed by atoms with Crippen molar-refractivity contribution < 1.29 is 28.2 Å². The second kappa shape index (κ2) is 6.17. The van der Waals surface area contributed by atoms with E-state index in [0.29, 0.717) is 5.39 Å². The van der Waals surface area contributed by atoms with Crippen LogP contribution in [0.3, 0.4) is 0 Å². The molecule has 2 aromatic carbocycles. The standard InChI is InChI=1S/C17H12F3N3O3/c1-23-15(25)10-7-6-9(8-11(10)16(23)26)14(24)22-21-13-5-3-2-4-12(13)17(18,19)20/h2-8,25-26H,1H3. The molecule has 0 saturated carbocycles.